The summed E-state index contributed by atoms with van der Waals surface area (Å²) in [5.41, 5.74) is 1.12. The zero-order valence-electron chi connectivity index (χ0n) is 12.7. The van der Waals surface area contributed by atoms with E-state index in [0.717, 1.165) is 37.4 Å². The van der Waals surface area contributed by atoms with Gasteiger partial charge in [-0.05, 0) is 30.2 Å². The number of pyridine rings is 1. The Hall–Kier alpha value is -1.91. The average molecular weight is 298 g/mol. The lowest BCUT2D eigenvalue weighted by molar-refractivity contribution is 0.00475. The van der Waals surface area contributed by atoms with Crippen molar-refractivity contribution >= 4 is 0 Å². The Balaban J connectivity index is 1.43. The van der Waals surface area contributed by atoms with Crippen molar-refractivity contribution in [3.8, 4) is 5.75 Å². The van der Waals surface area contributed by atoms with E-state index in [4.69, 9.17) is 9.47 Å². The van der Waals surface area contributed by atoms with Crippen molar-refractivity contribution in [1.29, 1.82) is 0 Å². The molecule has 4 heteroatoms. The van der Waals surface area contributed by atoms with E-state index in [2.05, 4.69) is 10.3 Å². The van der Waals surface area contributed by atoms with Crippen LogP contribution in [-0.2, 0) is 11.3 Å². The SMILES string of the molecule is c1ccc(OCC2CNCC(OCc3cccnc3)C2)cc1. The van der Waals surface area contributed by atoms with Crippen LogP contribution < -0.4 is 10.1 Å². The van der Waals surface area contributed by atoms with Crippen molar-refractivity contribution in [3.63, 3.8) is 0 Å². The van der Waals surface area contributed by atoms with Crippen molar-refractivity contribution in [3.05, 3.63) is 60.4 Å². The Morgan fingerprint density at radius 1 is 1.09 bits per heavy atom. The van der Waals surface area contributed by atoms with Crippen LogP contribution in [0.1, 0.15) is 12.0 Å². The minimum Gasteiger partial charge on any atom is -0.493 e. The predicted molar refractivity (Wildman–Crippen MR) is 85.7 cm³/mol. The van der Waals surface area contributed by atoms with Gasteiger partial charge in [0.25, 0.3) is 0 Å². The molecule has 0 amide bonds. The van der Waals surface area contributed by atoms with Crippen molar-refractivity contribution in [1.82, 2.24) is 10.3 Å². The van der Waals surface area contributed by atoms with E-state index in [1.807, 2.05) is 48.7 Å². The van der Waals surface area contributed by atoms with Gasteiger partial charge in [-0.3, -0.25) is 4.98 Å². The van der Waals surface area contributed by atoms with E-state index in [1.165, 1.54) is 0 Å². The smallest absolute Gasteiger partial charge is 0.119 e. The molecule has 2 aromatic rings. The Morgan fingerprint density at radius 3 is 2.82 bits per heavy atom. The molecule has 1 aromatic heterocycles. The summed E-state index contributed by atoms with van der Waals surface area (Å²) in [7, 11) is 0. The van der Waals surface area contributed by atoms with Crippen LogP contribution in [0.15, 0.2) is 54.9 Å². The highest BCUT2D eigenvalue weighted by molar-refractivity contribution is 5.20. The first-order chi connectivity index (χ1) is 10.9. The monoisotopic (exact) mass is 298 g/mol. The molecule has 0 bridgehead atoms. The largest absolute Gasteiger partial charge is 0.493 e. The quantitative estimate of drug-likeness (QED) is 0.890. The van der Waals surface area contributed by atoms with E-state index in [-0.39, 0.29) is 6.10 Å². The van der Waals surface area contributed by atoms with Gasteiger partial charge in [0, 0.05) is 31.4 Å². The highest BCUT2D eigenvalue weighted by Gasteiger charge is 2.22. The average Bonchev–Trinajstić information content (AvgIpc) is 2.60. The lowest BCUT2D eigenvalue weighted by atomic mass is 9.98. The predicted octanol–water partition coefficient (Wildman–Crippen LogP) is 2.66. The molecule has 1 aliphatic heterocycles. The maximum absolute atomic E-state index is 5.99. The van der Waals surface area contributed by atoms with Gasteiger partial charge in [-0.25, -0.2) is 0 Å². The molecule has 1 N–H and O–H groups in total. The van der Waals surface area contributed by atoms with Crippen LogP contribution in [0.5, 0.6) is 5.75 Å². The van der Waals surface area contributed by atoms with Crippen molar-refractivity contribution < 1.29 is 9.47 Å². The van der Waals surface area contributed by atoms with E-state index < -0.39 is 0 Å². The summed E-state index contributed by atoms with van der Waals surface area (Å²) in [6.07, 6.45) is 4.90. The van der Waals surface area contributed by atoms with Crippen molar-refractivity contribution in [2.24, 2.45) is 5.92 Å². The standard InChI is InChI=1S/C18H22N2O2/c1-2-6-17(7-3-1)21-14-16-9-18(12-20-11-16)22-13-15-5-4-8-19-10-15/h1-8,10,16,18,20H,9,11-14H2. The number of benzene rings is 1. The van der Waals surface area contributed by atoms with Crippen LogP contribution >= 0.6 is 0 Å². The third-order valence-electron chi connectivity index (χ3n) is 3.84. The Kier molecular flexibility index (Phi) is 5.40. The molecule has 1 aliphatic rings. The fourth-order valence-corrected chi connectivity index (χ4v) is 2.67. The molecule has 2 atom stereocenters. The van der Waals surface area contributed by atoms with Gasteiger partial charge in [0.15, 0.2) is 0 Å². The number of aromatic nitrogens is 1. The van der Waals surface area contributed by atoms with Crippen molar-refractivity contribution in [2.75, 3.05) is 19.7 Å². The lowest BCUT2D eigenvalue weighted by Gasteiger charge is -2.30. The third kappa shape index (κ3) is 4.55. The number of hydrogen-bond donors (Lipinski definition) is 1. The van der Waals surface area contributed by atoms with Crippen LogP contribution in [0.3, 0.4) is 0 Å². The van der Waals surface area contributed by atoms with Gasteiger partial charge in [-0.2, -0.15) is 0 Å². The molecule has 0 aliphatic carbocycles. The summed E-state index contributed by atoms with van der Waals surface area (Å²) in [5.74, 6) is 1.41. The van der Waals surface area contributed by atoms with Crippen LogP contribution in [0.25, 0.3) is 0 Å². The number of nitrogens with one attached hydrogen (secondary N) is 1. The van der Waals surface area contributed by atoms with Crippen molar-refractivity contribution in [2.45, 2.75) is 19.1 Å². The highest BCUT2D eigenvalue weighted by Crippen LogP contribution is 2.17. The van der Waals surface area contributed by atoms with E-state index in [0.29, 0.717) is 12.5 Å². The number of hydrogen-bond acceptors (Lipinski definition) is 4. The van der Waals surface area contributed by atoms with Gasteiger partial charge >= 0.3 is 0 Å². The first-order valence-electron chi connectivity index (χ1n) is 7.79. The van der Waals surface area contributed by atoms with Gasteiger partial charge in [-0.15, -0.1) is 0 Å². The topological polar surface area (TPSA) is 43.4 Å². The number of piperidine rings is 1. The van der Waals surface area contributed by atoms with Crippen LogP contribution in [0.4, 0.5) is 0 Å². The summed E-state index contributed by atoms with van der Waals surface area (Å²) in [4.78, 5) is 4.11. The summed E-state index contributed by atoms with van der Waals surface area (Å²) in [5, 5.41) is 3.44. The van der Waals surface area contributed by atoms with E-state index in [9.17, 15) is 0 Å². The Morgan fingerprint density at radius 2 is 2.00 bits per heavy atom. The van der Waals surface area contributed by atoms with Gasteiger partial charge in [0.1, 0.15) is 5.75 Å². The molecular formula is C18H22N2O2. The molecule has 0 radical (unpaired) electrons. The lowest BCUT2D eigenvalue weighted by Crippen LogP contribution is -2.42. The number of rotatable bonds is 6. The molecule has 1 aromatic carbocycles. The molecule has 22 heavy (non-hydrogen) atoms. The minimum absolute atomic E-state index is 0.235. The minimum atomic E-state index is 0.235. The summed E-state index contributed by atoms with van der Waals surface area (Å²) in [6, 6.07) is 14.0. The van der Waals surface area contributed by atoms with Crippen LogP contribution in [0, 0.1) is 5.92 Å². The third-order valence-corrected chi connectivity index (χ3v) is 3.84. The van der Waals surface area contributed by atoms with Gasteiger partial charge < -0.3 is 14.8 Å². The van der Waals surface area contributed by atoms with Gasteiger partial charge in [0.2, 0.25) is 0 Å². The molecule has 2 heterocycles. The van der Waals surface area contributed by atoms with Gasteiger partial charge in [-0.1, -0.05) is 24.3 Å². The summed E-state index contributed by atoms with van der Waals surface area (Å²) < 4.78 is 11.8. The number of ether oxygens (including phenoxy) is 2. The normalized spacial score (nSPS) is 21.5. The molecule has 0 saturated carbocycles. The number of para-hydroxylation sites is 1. The first-order valence-corrected chi connectivity index (χ1v) is 7.79. The van der Waals surface area contributed by atoms with E-state index in [1.54, 1.807) is 6.20 Å². The molecule has 3 rings (SSSR count). The summed E-state index contributed by atoms with van der Waals surface area (Å²) in [6.45, 7) is 3.23. The molecule has 2 unspecified atom stereocenters. The molecule has 0 spiro atoms. The molecule has 1 fully saturated rings. The maximum Gasteiger partial charge on any atom is 0.119 e. The second kappa shape index (κ2) is 7.92. The second-order valence-corrected chi connectivity index (χ2v) is 5.68. The Labute approximate surface area is 131 Å². The molecule has 116 valence electrons. The first kappa shape index (κ1) is 15.0. The highest BCUT2D eigenvalue weighted by atomic mass is 16.5. The number of nitrogens with zero attached hydrogens (tertiary/aromatic N) is 1. The maximum atomic E-state index is 5.99. The zero-order chi connectivity index (χ0) is 15.0. The van der Waals surface area contributed by atoms with E-state index >= 15 is 0 Å². The Bertz CT molecular complexity index is 498. The zero-order valence-corrected chi connectivity index (χ0v) is 12.7. The fraction of sp³-hybridized carbons (Fsp3) is 0.389. The van der Waals surface area contributed by atoms with Crippen LogP contribution in [0.2, 0.25) is 0 Å². The molecule has 1 saturated heterocycles. The molecular weight excluding hydrogens is 276 g/mol. The second-order valence-electron chi connectivity index (χ2n) is 5.68. The molecule has 4 nitrogen and oxygen atoms in total. The summed E-state index contributed by atoms with van der Waals surface area (Å²) >= 11 is 0. The fourth-order valence-electron chi connectivity index (χ4n) is 2.67. The van der Waals surface area contributed by atoms with Gasteiger partial charge in [0.05, 0.1) is 19.3 Å². The van der Waals surface area contributed by atoms with Crippen LogP contribution in [-0.4, -0.2) is 30.8 Å².